The summed E-state index contributed by atoms with van der Waals surface area (Å²) in [6.45, 7) is 0. The summed E-state index contributed by atoms with van der Waals surface area (Å²) in [5.74, 6) is -1.05. The highest BCUT2D eigenvalue weighted by Crippen LogP contribution is 2.17. The molecule has 0 saturated carbocycles. The molecule has 1 amide bonds. The second-order valence-corrected chi connectivity index (χ2v) is 7.53. The van der Waals surface area contributed by atoms with Gasteiger partial charge in [0, 0.05) is 29.1 Å². The number of fused-ring (bicyclic) bond motifs is 1. The first-order valence-corrected chi connectivity index (χ1v) is 10.5. The maximum Gasteiger partial charge on any atom is 0.328 e. The molecule has 0 unspecified atom stereocenters. The zero-order chi connectivity index (χ0) is 23.2. The van der Waals surface area contributed by atoms with E-state index in [1.165, 1.54) is 7.11 Å². The van der Waals surface area contributed by atoms with Crippen LogP contribution in [0.5, 0.6) is 0 Å². The number of carbonyl (C=O) groups is 3. The largest absolute Gasteiger partial charge is 0.467 e. The lowest BCUT2D eigenvalue weighted by molar-refractivity contribution is -0.142. The third kappa shape index (κ3) is 4.96. The van der Waals surface area contributed by atoms with Crippen molar-refractivity contribution in [3.8, 4) is 0 Å². The Balaban J connectivity index is 1.52. The van der Waals surface area contributed by atoms with Crippen molar-refractivity contribution in [3.05, 3.63) is 113 Å². The predicted octanol–water partition coefficient (Wildman–Crippen LogP) is 3.98. The SMILES string of the molecule is COC(=O)[C@H](Cc1ccc(C(=O)c2ccccc2)cc1)NC(=O)c1cccc2cccnc12. The van der Waals surface area contributed by atoms with Gasteiger partial charge in [0.05, 0.1) is 18.2 Å². The van der Waals surface area contributed by atoms with E-state index in [-0.39, 0.29) is 12.2 Å². The molecule has 3 aromatic carbocycles. The minimum absolute atomic E-state index is 0.0802. The summed E-state index contributed by atoms with van der Waals surface area (Å²) in [6, 6.07) is 24.1. The molecule has 1 N–H and O–H groups in total. The Labute approximate surface area is 191 Å². The van der Waals surface area contributed by atoms with Crippen LogP contribution < -0.4 is 5.32 Å². The lowest BCUT2D eigenvalue weighted by Crippen LogP contribution is -2.43. The van der Waals surface area contributed by atoms with Crippen molar-refractivity contribution >= 4 is 28.6 Å². The van der Waals surface area contributed by atoms with Crippen LogP contribution in [0.3, 0.4) is 0 Å². The maximum absolute atomic E-state index is 13.0. The fraction of sp³-hybridized carbons (Fsp3) is 0.111. The Kier molecular flexibility index (Phi) is 6.55. The number of ether oxygens (including phenoxy) is 1. The molecule has 6 heteroatoms. The zero-order valence-corrected chi connectivity index (χ0v) is 18.0. The number of nitrogens with zero attached hydrogens (tertiary/aromatic N) is 1. The van der Waals surface area contributed by atoms with Gasteiger partial charge in [0.25, 0.3) is 5.91 Å². The summed E-state index contributed by atoms with van der Waals surface area (Å²) in [6.07, 6.45) is 1.84. The lowest BCUT2D eigenvalue weighted by Gasteiger charge is -2.17. The Bertz CT molecular complexity index is 1300. The van der Waals surface area contributed by atoms with E-state index in [9.17, 15) is 14.4 Å². The van der Waals surface area contributed by atoms with Crippen LogP contribution in [0.2, 0.25) is 0 Å². The number of amides is 1. The molecule has 0 fully saturated rings. The van der Waals surface area contributed by atoms with Gasteiger partial charge < -0.3 is 10.1 Å². The normalized spacial score (nSPS) is 11.5. The van der Waals surface area contributed by atoms with Crippen LogP contribution in [0, 0.1) is 0 Å². The number of methoxy groups -OCH3 is 1. The molecule has 0 aliphatic heterocycles. The molecule has 4 rings (SSSR count). The molecule has 1 heterocycles. The Morgan fingerprint density at radius 1 is 0.848 bits per heavy atom. The molecule has 33 heavy (non-hydrogen) atoms. The molecule has 0 aliphatic rings. The summed E-state index contributed by atoms with van der Waals surface area (Å²) < 4.78 is 4.91. The molecular formula is C27H22N2O4. The van der Waals surface area contributed by atoms with E-state index in [4.69, 9.17) is 4.74 Å². The van der Waals surface area contributed by atoms with Crippen molar-refractivity contribution in [2.24, 2.45) is 0 Å². The molecule has 0 aliphatic carbocycles. The fourth-order valence-electron chi connectivity index (χ4n) is 3.64. The summed E-state index contributed by atoms with van der Waals surface area (Å²) in [5.41, 5.74) is 2.88. The minimum atomic E-state index is -0.892. The highest BCUT2D eigenvalue weighted by molar-refractivity contribution is 6.09. The van der Waals surface area contributed by atoms with Crippen LogP contribution in [0.25, 0.3) is 10.9 Å². The molecule has 1 aromatic heterocycles. The molecule has 0 radical (unpaired) electrons. The van der Waals surface area contributed by atoms with Crippen molar-refractivity contribution in [1.82, 2.24) is 10.3 Å². The molecule has 6 nitrogen and oxygen atoms in total. The summed E-state index contributed by atoms with van der Waals surface area (Å²) in [4.78, 5) is 42.3. The van der Waals surface area contributed by atoms with E-state index in [2.05, 4.69) is 10.3 Å². The summed E-state index contributed by atoms with van der Waals surface area (Å²) >= 11 is 0. The number of para-hydroxylation sites is 1. The number of carbonyl (C=O) groups excluding carboxylic acids is 3. The fourth-order valence-corrected chi connectivity index (χ4v) is 3.64. The van der Waals surface area contributed by atoms with E-state index >= 15 is 0 Å². The lowest BCUT2D eigenvalue weighted by atomic mass is 9.99. The van der Waals surface area contributed by atoms with Crippen LogP contribution >= 0.6 is 0 Å². The quantitative estimate of drug-likeness (QED) is 0.348. The van der Waals surface area contributed by atoms with Gasteiger partial charge in [-0.3, -0.25) is 14.6 Å². The van der Waals surface area contributed by atoms with Crippen LogP contribution in [0.15, 0.2) is 91.1 Å². The van der Waals surface area contributed by atoms with E-state index < -0.39 is 17.9 Å². The van der Waals surface area contributed by atoms with E-state index in [1.807, 2.05) is 30.3 Å². The number of esters is 1. The van der Waals surface area contributed by atoms with Crippen LogP contribution in [0.1, 0.15) is 31.8 Å². The van der Waals surface area contributed by atoms with Gasteiger partial charge in [-0.1, -0.05) is 72.8 Å². The van der Waals surface area contributed by atoms with Gasteiger partial charge in [-0.05, 0) is 17.7 Å². The minimum Gasteiger partial charge on any atom is -0.467 e. The summed E-state index contributed by atoms with van der Waals surface area (Å²) in [5, 5.41) is 3.60. The third-order valence-corrected chi connectivity index (χ3v) is 5.36. The molecule has 4 aromatic rings. The Morgan fingerprint density at radius 2 is 1.55 bits per heavy atom. The van der Waals surface area contributed by atoms with Gasteiger partial charge in [0.2, 0.25) is 0 Å². The number of hydrogen-bond acceptors (Lipinski definition) is 5. The van der Waals surface area contributed by atoms with Crippen molar-refractivity contribution in [1.29, 1.82) is 0 Å². The average molecular weight is 438 g/mol. The van der Waals surface area contributed by atoms with E-state index in [1.54, 1.807) is 60.8 Å². The number of nitrogens with one attached hydrogen (secondary N) is 1. The second kappa shape index (κ2) is 9.87. The Hall–Kier alpha value is -4.32. The van der Waals surface area contributed by atoms with Crippen molar-refractivity contribution in [2.45, 2.75) is 12.5 Å². The van der Waals surface area contributed by atoms with Gasteiger partial charge in [-0.25, -0.2) is 4.79 Å². The van der Waals surface area contributed by atoms with Crippen molar-refractivity contribution in [3.63, 3.8) is 0 Å². The van der Waals surface area contributed by atoms with Gasteiger partial charge in [0.1, 0.15) is 6.04 Å². The third-order valence-electron chi connectivity index (χ3n) is 5.36. The molecule has 0 bridgehead atoms. The zero-order valence-electron chi connectivity index (χ0n) is 18.0. The van der Waals surface area contributed by atoms with Gasteiger partial charge in [0.15, 0.2) is 5.78 Å². The number of rotatable bonds is 7. The molecule has 0 saturated heterocycles. The topological polar surface area (TPSA) is 85.4 Å². The first-order chi connectivity index (χ1) is 16.1. The van der Waals surface area contributed by atoms with Crippen LogP contribution in [-0.2, 0) is 16.0 Å². The number of ketones is 1. The standard InChI is InChI=1S/C27H22N2O4/c1-33-27(32)23(29-26(31)22-11-5-9-19-10-6-16-28-24(19)22)17-18-12-14-21(15-13-18)25(30)20-7-3-2-4-8-20/h2-16,23H,17H2,1H3,(H,29,31)/t23-/m0/s1. The van der Waals surface area contributed by atoms with Gasteiger partial charge in [-0.2, -0.15) is 0 Å². The average Bonchev–Trinajstić information content (AvgIpc) is 2.88. The number of benzene rings is 3. The number of pyridine rings is 1. The highest BCUT2D eigenvalue weighted by Gasteiger charge is 2.24. The van der Waals surface area contributed by atoms with E-state index in [0.717, 1.165) is 10.9 Å². The second-order valence-electron chi connectivity index (χ2n) is 7.53. The molecule has 0 spiro atoms. The van der Waals surface area contributed by atoms with E-state index in [0.29, 0.717) is 22.2 Å². The van der Waals surface area contributed by atoms with Gasteiger partial charge >= 0.3 is 5.97 Å². The maximum atomic E-state index is 13.0. The highest BCUT2D eigenvalue weighted by atomic mass is 16.5. The smallest absolute Gasteiger partial charge is 0.328 e. The molecular weight excluding hydrogens is 416 g/mol. The predicted molar refractivity (Wildman–Crippen MR) is 125 cm³/mol. The monoisotopic (exact) mass is 438 g/mol. The van der Waals surface area contributed by atoms with Crippen LogP contribution in [-0.4, -0.2) is 35.8 Å². The van der Waals surface area contributed by atoms with Crippen molar-refractivity contribution in [2.75, 3.05) is 7.11 Å². The number of aromatic nitrogens is 1. The van der Waals surface area contributed by atoms with Crippen molar-refractivity contribution < 1.29 is 19.1 Å². The first-order valence-electron chi connectivity index (χ1n) is 10.5. The molecule has 164 valence electrons. The number of hydrogen-bond donors (Lipinski definition) is 1. The van der Waals surface area contributed by atoms with Gasteiger partial charge in [-0.15, -0.1) is 0 Å². The first kappa shape index (κ1) is 21.9. The Morgan fingerprint density at radius 3 is 2.27 bits per heavy atom. The van der Waals surface area contributed by atoms with Crippen LogP contribution in [0.4, 0.5) is 0 Å². The molecule has 1 atom stereocenters. The summed E-state index contributed by atoms with van der Waals surface area (Å²) in [7, 11) is 1.28.